The summed E-state index contributed by atoms with van der Waals surface area (Å²) in [6, 6.07) is 13.1. The molecule has 0 spiro atoms. The maximum Gasteiger partial charge on any atom is 0.0218 e. The van der Waals surface area contributed by atoms with E-state index in [-0.39, 0.29) is 0 Å². The van der Waals surface area contributed by atoms with Crippen molar-refractivity contribution in [3.8, 4) is 0 Å². The molecule has 3 heteroatoms. The minimum atomic E-state index is 0.995. The Morgan fingerprint density at radius 3 is 2.15 bits per heavy atom. The lowest BCUT2D eigenvalue weighted by Gasteiger charge is -2.08. The van der Waals surface area contributed by atoms with Crippen LogP contribution in [0.3, 0.4) is 0 Å². The number of rotatable bonds is 15. The monoisotopic (exact) mass is 389 g/mol. The van der Waals surface area contributed by atoms with Crippen LogP contribution in [0.15, 0.2) is 47.5 Å². The van der Waals surface area contributed by atoms with E-state index >= 15 is 0 Å². The molecule has 26 heavy (non-hydrogen) atoms. The molecule has 0 amide bonds. The topological polar surface area (TPSA) is 15.8 Å². The first-order valence-electron chi connectivity index (χ1n) is 10.4. The number of H-pyrrole nitrogens is 1. The molecular weight excluding hydrogens is 354 g/mol. The van der Waals surface area contributed by atoms with Gasteiger partial charge in [0.05, 0.1) is 0 Å². The van der Waals surface area contributed by atoms with Crippen LogP contribution in [0.4, 0.5) is 0 Å². The molecule has 0 aliphatic carbocycles. The van der Waals surface area contributed by atoms with Crippen LogP contribution in [0.25, 0.3) is 0 Å². The third-order valence-corrected chi connectivity index (χ3v) is 7.29. The van der Waals surface area contributed by atoms with E-state index in [1.165, 1.54) is 86.1 Å². The standard InChI is InChI=1S/C23H35NS2/c1-2-3-4-5-6-7-8-9-10-13-19-25-26-23-17-12-11-15-21(23)20-22-16-14-18-24-22/h11-12,14-18,24H,2-10,13,19-20H2,1H3. The largest absolute Gasteiger partial charge is 0.365 e. The Morgan fingerprint density at radius 2 is 1.46 bits per heavy atom. The summed E-state index contributed by atoms with van der Waals surface area (Å²) in [5.41, 5.74) is 2.72. The highest BCUT2D eigenvalue weighted by Crippen LogP contribution is 2.35. The third kappa shape index (κ3) is 9.23. The van der Waals surface area contributed by atoms with Gasteiger partial charge in [0.1, 0.15) is 0 Å². The van der Waals surface area contributed by atoms with Crippen molar-refractivity contribution in [1.82, 2.24) is 4.98 Å². The zero-order valence-electron chi connectivity index (χ0n) is 16.3. The molecule has 0 radical (unpaired) electrons. The van der Waals surface area contributed by atoms with Gasteiger partial charge in [-0.3, -0.25) is 0 Å². The first-order valence-corrected chi connectivity index (χ1v) is 12.7. The van der Waals surface area contributed by atoms with Gasteiger partial charge in [0, 0.05) is 29.0 Å². The normalized spacial score (nSPS) is 11.1. The molecule has 1 aromatic heterocycles. The van der Waals surface area contributed by atoms with Crippen LogP contribution in [0.2, 0.25) is 0 Å². The lowest BCUT2D eigenvalue weighted by molar-refractivity contribution is 0.563. The molecule has 1 N–H and O–H groups in total. The molecule has 0 aliphatic rings. The summed E-state index contributed by atoms with van der Waals surface area (Å²) < 4.78 is 0. The fraction of sp³-hybridized carbons (Fsp3) is 0.565. The van der Waals surface area contributed by atoms with Gasteiger partial charge in [-0.05, 0) is 30.2 Å². The molecule has 0 bridgehead atoms. The number of aromatic nitrogens is 1. The van der Waals surface area contributed by atoms with Crippen molar-refractivity contribution in [2.75, 3.05) is 5.75 Å². The van der Waals surface area contributed by atoms with Crippen molar-refractivity contribution < 1.29 is 0 Å². The van der Waals surface area contributed by atoms with E-state index in [1.807, 2.05) is 27.8 Å². The fourth-order valence-electron chi connectivity index (χ4n) is 3.17. The van der Waals surface area contributed by atoms with E-state index in [9.17, 15) is 0 Å². The molecule has 2 rings (SSSR count). The molecule has 0 unspecified atom stereocenters. The van der Waals surface area contributed by atoms with Crippen LogP contribution in [-0.2, 0) is 6.42 Å². The van der Waals surface area contributed by atoms with Crippen molar-refractivity contribution in [3.05, 3.63) is 53.9 Å². The molecule has 1 nitrogen and oxygen atoms in total. The van der Waals surface area contributed by atoms with E-state index in [2.05, 4.69) is 48.3 Å². The predicted octanol–water partition coefficient (Wildman–Crippen LogP) is 8.27. The lowest BCUT2D eigenvalue weighted by Crippen LogP contribution is -1.90. The Hall–Kier alpha value is -0.800. The van der Waals surface area contributed by atoms with Crippen molar-refractivity contribution in [3.63, 3.8) is 0 Å². The van der Waals surface area contributed by atoms with Crippen molar-refractivity contribution in [1.29, 1.82) is 0 Å². The number of benzene rings is 1. The van der Waals surface area contributed by atoms with E-state index in [0.29, 0.717) is 0 Å². The molecule has 2 aromatic rings. The van der Waals surface area contributed by atoms with Crippen LogP contribution < -0.4 is 0 Å². The molecular formula is C23H35NS2. The first kappa shape index (κ1) is 21.5. The van der Waals surface area contributed by atoms with Gasteiger partial charge in [0.2, 0.25) is 0 Å². The van der Waals surface area contributed by atoms with E-state index < -0.39 is 0 Å². The molecule has 1 heterocycles. The van der Waals surface area contributed by atoms with E-state index in [4.69, 9.17) is 0 Å². The zero-order chi connectivity index (χ0) is 18.3. The molecule has 0 saturated heterocycles. The SMILES string of the molecule is CCCCCCCCCCCCSSc1ccccc1Cc1ccc[nH]1. The fourth-order valence-corrected chi connectivity index (χ4v) is 5.55. The Morgan fingerprint density at radius 1 is 0.769 bits per heavy atom. The van der Waals surface area contributed by atoms with Gasteiger partial charge >= 0.3 is 0 Å². The van der Waals surface area contributed by atoms with Gasteiger partial charge in [0.15, 0.2) is 0 Å². The van der Waals surface area contributed by atoms with Crippen molar-refractivity contribution in [2.45, 2.75) is 82.4 Å². The summed E-state index contributed by atoms with van der Waals surface area (Å²) in [6.45, 7) is 2.29. The van der Waals surface area contributed by atoms with Gasteiger partial charge in [-0.1, -0.05) is 104 Å². The average Bonchev–Trinajstić information content (AvgIpc) is 3.17. The summed E-state index contributed by atoms with van der Waals surface area (Å²) >= 11 is 0. The Kier molecular flexibility index (Phi) is 11.8. The van der Waals surface area contributed by atoms with Gasteiger partial charge < -0.3 is 4.98 Å². The zero-order valence-corrected chi connectivity index (χ0v) is 18.0. The average molecular weight is 390 g/mol. The molecule has 1 aromatic carbocycles. The molecule has 0 fully saturated rings. The second-order valence-corrected chi connectivity index (χ2v) is 9.52. The summed E-state index contributed by atoms with van der Waals surface area (Å²) in [6.07, 6.45) is 17.2. The number of hydrogen-bond donors (Lipinski definition) is 1. The quantitative estimate of drug-likeness (QED) is 0.244. The second-order valence-electron chi connectivity index (χ2n) is 7.07. The highest BCUT2D eigenvalue weighted by Gasteiger charge is 2.04. The summed E-state index contributed by atoms with van der Waals surface area (Å²) in [5, 5.41) is 0. The number of unbranched alkanes of at least 4 members (excludes halogenated alkanes) is 9. The summed E-state index contributed by atoms with van der Waals surface area (Å²) in [5.74, 6) is 1.26. The Balaban J connectivity index is 1.51. The third-order valence-electron chi connectivity index (χ3n) is 4.75. The highest BCUT2D eigenvalue weighted by molar-refractivity contribution is 8.76. The lowest BCUT2D eigenvalue weighted by atomic mass is 10.1. The Bertz CT molecular complexity index is 565. The number of hydrogen-bond acceptors (Lipinski definition) is 2. The minimum absolute atomic E-state index is 0.995. The maximum atomic E-state index is 3.31. The Labute approximate surface area is 168 Å². The van der Waals surface area contributed by atoms with Crippen LogP contribution in [-0.4, -0.2) is 10.7 Å². The molecule has 0 aliphatic heterocycles. The van der Waals surface area contributed by atoms with Crippen LogP contribution in [0, 0.1) is 0 Å². The second kappa shape index (κ2) is 14.3. The predicted molar refractivity (Wildman–Crippen MR) is 120 cm³/mol. The summed E-state index contributed by atoms with van der Waals surface area (Å²) in [4.78, 5) is 4.73. The van der Waals surface area contributed by atoms with Crippen molar-refractivity contribution in [2.24, 2.45) is 0 Å². The molecule has 144 valence electrons. The first-order chi connectivity index (χ1) is 12.9. The van der Waals surface area contributed by atoms with Gasteiger partial charge in [-0.15, -0.1) is 0 Å². The van der Waals surface area contributed by atoms with Crippen LogP contribution >= 0.6 is 21.6 Å². The highest BCUT2D eigenvalue weighted by atomic mass is 33.1. The van der Waals surface area contributed by atoms with Crippen molar-refractivity contribution >= 4 is 21.6 Å². The smallest absolute Gasteiger partial charge is 0.0218 e. The number of aromatic amines is 1. The van der Waals surface area contributed by atoms with Gasteiger partial charge in [-0.25, -0.2) is 0 Å². The molecule has 0 saturated carbocycles. The summed E-state index contributed by atoms with van der Waals surface area (Å²) in [7, 11) is 3.97. The van der Waals surface area contributed by atoms with Gasteiger partial charge in [-0.2, -0.15) is 0 Å². The van der Waals surface area contributed by atoms with Crippen LogP contribution in [0.5, 0.6) is 0 Å². The number of nitrogens with one attached hydrogen (secondary N) is 1. The van der Waals surface area contributed by atoms with Crippen LogP contribution in [0.1, 0.15) is 82.4 Å². The molecule has 0 atom stereocenters. The van der Waals surface area contributed by atoms with Gasteiger partial charge in [0.25, 0.3) is 0 Å². The van der Waals surface area contributed by atoms with E-state index in [1.54, 1.807) is 0 Å². The minimum Gasteiger partial charge on any atom is -0.365 e. The van der Waals surface area contributed by atoms with E-state index in [0.717, 1.165) is 6.42 Å². The maximum absolute atomic E-state index is 3.31.